The lowest BCUT2D eigenvalue weighted by atomic mass is 9.91. The fraction of sp³-hybridized carbons (Fsp3) is 0.483. The van der Waals surface area contributed by atoms with E-state index in [2.05, 4.69) is 53.1 Å². The van der Waals surface area contributed by atoms with Crippen molar-refractivity contribution in [3.05, 3.63) is 71.1 Å². The number of piperidine rings is 1. The van der Waals surface area contributed by atoms with Crippen molar-refractivity contribution in [3.63, 3.8) is 0 Å². The van der Waals surface area contributed by atoms with Crippen molar-refractivity contribution >= 4 is 13.8 Å². The highest BCUT2D eigenvalue weighted by Crippen LogP contribution is 2.37. The highest BCUT2D eigenvalue weighted by molar-refractivity contribution is 6.76. The number of halogens is 1. The van der Waals surface area contributed by atoms with Crippen molar-refractivity contribution in [1.82, 2.24) is 9.55 Å². The van der Waals surface area contributed by atoms with E-state index in [4.69, 9.17) is 4.74 Å². The van der Waals surface area contributed by atoms with Gasteiger partial charge >= 0.3 is 0 Å². The molecule has 194 valence electrons. The smallest absolute Gasteiger partial charge is 0.126 e. The number of nitrogens with zero attached hydrogens (tertiary/aromatic N) is 3. The fourth-order valence-corrected chi connectivity index (χ4v) is 5.81. The van der Waals surface area contributed by atoms with Crippen LogP contribution in [0.5, 0.6) is 0 Å². The van der Waals surface area contributed by atoms with Gasteiger partial charge in [0.15, 0.2) is 0 Å². The molecule has 0 amide bonds. The average Bonchev–Trinajstić information content (AvgIpc) is 3.22. The first-order valence-electron chi connectivity index (χ1n) is 13.0. The maximum absolute atomic E-state index is 13.9. The second kappa shape index (κ2) is 11.3. The van der Waals surface area contributed by atoms with E-state index < -0.39 is 8.07 Å². The molecule has 7 heteroatoms. The molecule has 1 fully saturated rings. The number of aromatic nitrogens is 2. The summed E-state index contributed by atoms with van der Waals surface area (Å²) in [5.41, 5.74) is 7.09. The predicted octanol–water partition coefficient (Wildman–Crippen LogP) is 6.49. The third-order valence-corrected chi connectivity index (χ3v) is 8.94. The molecule has 1 aliphatic heterocycles. The number of imidazole rings is 1. The van der Waals surface area contributed by atoms with Gasteiger partial charge < -0.3 is 19.3 Å². The first kappa shape index (κ1) is 26.6. The maximum Gasteiger partial charge on any atom is 0.126 e. The Morgan fingerprint density at radius 1 is 1.08 bits per heavy atom. The van der Waals surface area contributed by atoms with Crippen LogP contribution >= 0.6 is 0 Å². The first-order valence-corrected chi connectivity index (χ1v) is 16.7. The van der Waals surface area contributed by atoms with E-state index in [0.29, 0.717) is 18.2 Å². The van der Waals surface area contributed by atoms with Crippen molar-refractivity contribution in [2.75, 3.05) is 24.6 Å². The molecule has 1 aromatic heterocycles. The quantitative estimate of drug-likeness (QED) is 0.264. The lowest BCUT2D eigenvalue weighted by Crippen LogP contribution is -2.34. The van der Waals surface area contributed by atoms with Gasteiger partial charge in [0, 0.05) is 50.6 Å². The molecule has 0 bridgehead atoms. The summed E-state index contributed by atoms with van der Waals surface area (Å²) < 4.78 is 22.2. The molecule has 36 heavy (non-hydrogen) atoms. The summed E-state index contributed by atoms with van der Waals surface area (Å²) in [4.78, 5) is 7.01. The number of aryl methyl sites for hydroxylation is 2. The van der Waals surface area contributed by atoms with Gasteiger partial charge in [-0.2, -0.15) is 0 Å². The van der Waals surface area contributed by atoms with Gasteiger partial charge in [-0.1, -0.05) is 37.8 Å². The summed E-state index contributed by atoms with van der Waals surface area (Å²) in [5.74, 6) is 0.242. The minimum absolute atomic E-state index is 0.00225. The van der Waals surface area contributed by atoms with Crippen LogP contribution in [0.4, 0.5) is 10.1 Å². The van der Waals surface area contributed by atoms with Crippen LogP contribution in [-0.2, 0) is 18.1 Å². The van der Waals surface area contributed by atoms with Gasteiger partial charge in [-0.15, -0.1) is 0 Å². The van der Waals surface area contributed by atoms with Gasteiger partial charge in [0.1, 0.15) is 12.5 Å². The molecule has 5 nitrogen and oxygen atoms in total. The first-order chi connectivity index (χ1) is 17.2. The van der Waals surface area contributed by atoms with Crippen LogP contribution in [0, 0.1) is 19.7 Å². The Morgan fingerprint density at radius 3 is 2.50 bits per heavy atom. The maximum atomic E-state index is 13.9. The van der Waals surface area contributed by atoms with Gasteiger partial charge in [0.2, 0.25) is 0 Å². The highest BCUT2D eigenvalue weighted by Gasteiger charge is 2.27. The van der Waals surface area contributed by atoms with E-state index in [9.17, 15) is 9.50 Å². The summed E-state index contributed by atoms with van der Waals surface area (Å²) in [6.07, 6.45) is 3.96. The van der Waals surface area contributed by atoms with E-state index in [-0.39, 0.29) is 12.4 Å². The van der Waals surface area contributed by atoms with Gasteiger partial charge in [-0.3, -0.25) is 0 Å². The molecule has 0 saturated carbocycles. The minimum atomic E-state index is -1.11. The standard InChI is InChI=1S/C29H40FN3O2Si/c1-21-16-25(7-9-27(21)30)26-8-6-23(18-34)17-28(26)32-12-10-24(11-13-32)29-22(2)31-19-33(29)20-35-14-15-36(3,4)5/h6-9,16-17,19,24,34H,10-15,18,20H2,1-5H3. The van der Waals surface area contributed by atoms with Gasteiger partial charge in [0.25, 0.3) is 0 Å². The lowest BCUT2D eigenvalue weighted by molar-refractivity contribution is 0.0841. The largest absolute Gasteiger partial charge is 0.392 e. The molecule has 1 aliphatic rings. The summed E-state index contributed by atoms with van der Waals surface area (Å²) >= 11 is 0. The Labute approximate surface area is 216 Å². The zero-order valence-electron chi connectivity index (χ0n) is 22.4. The van der Waals surface area contributed by atoms with Crippen molar-refractivity contribution in [2.24, 2.45) is 0 Å². The van der Waals surface area contributed by atoms with E-state index in [1.54, 1.807) is 6.92 Å². The number of anilines is 1. The summed E-state index contributed by atoms with van der Waals surface area (Å²) in [6, 6.07) is 12.5. The summed E-state index contributed by atoms with van der Waals surface area (Å²) in [7, 11) is -1.11. The molecule has 0 radical (unpaired) electrons. The second-order valence-electron chi connectivity index (χ2n) is 11.3. The fourth-order valence-electron chi connectivity index (χ4n) is 5.05. The molecule has 0 unspecified atom stereocenters. The number of hydrogen-bond acceptors (Lipinski definition) is 4. The van der Waals surface area contributed by atoms with E-state index in [1.165, 1.54) is 11.8 Å². The lowest BCUT2D eigenvalue weighted by Gasteiger charge is -2.35. The van der Waals surface area contributed by atoms with E-state index >= 15 is 0 Å². The highest BCUT2D eigenvalue weighted by atomic mass is 28.3. The van der Waals surface area contributed by atoms with Crippen molar-refractivity contribution in [2.45, 2.75) is 71.6 Å². The zero-order valence-corrected chi connectivity index (χ0v) is 23.4. The SMILES string of the molecule is Cc1cc(-c2ccc(CO)cc2N2CCC(c3c(C)ncn3COCC[Si](C)(C)C)CC2)ccc1F. The van der Waals surface area contributed by atoms with Crippen LogP contribution in [0.1, 0.15) is 41.3 Å². The monoisotopic (exact) mass is 509 g/mol. The van der Waals surface area contributed by atoms with Gasteiger partial charge in [-0.05, 0) is 67.6 Å². The van der Waals surface area contributed by atoms with Crippen molar-refractivity contribution in [3.8, 4) is 11.1 Å². The Bertz CT molecular complexity index is 1180. The molecule has 0 aliphatic carbocycles. The van der Waals surface area contributed by atoms with Crippen molar-refractivity contribution in [1.29, 1.82) is 0 Å². The zero-order chi connectivity index (χ0) is 25.9. The molecule has 1 N–H and O–H groups in total. The van der Waals surface area contributed by atoms with Crippen LogP contribution in [0.25, 0.3) is 11.1 Å². The van der Waals surface area contributed by atoms with Gasteiger partial charge in [0.05, 0.1) is 18.6 Å². The van der Waals surface area contributed by atoms with E-state index in [0.717, 1.165) is 66.7 Å². The Morgan fingerprint density at radius 2 is 1.83 bits per heavy atom. The van der Waals surface area contributed by atoms with E-state index in [1.807, 2.05) is 24.5 Å². The average molecular weight is 510 g/mol. The minimum Gasteiger partial charge on any atom is -0.392 e. The molecular weight excluding hydrogens is 469 g/mol. The van der Waals surface area contributed by atoms with Crippen LogP contribution in [-0.4, -0.2) is 42.4 Å². The summed E-state index contributed by atoms with van der Waals surface area (Å²) in [6.45, 7) is 14.2. The molecular formula is C29H40FN3O2Si. The number of benzene rings is 2. The Kier molecular flexibility index (Phi) is 8.33. The summed E-state index contributed by atoms with van der Waals surface area (Å²) in [5, 5.41) is 9.78. The molecule has 3 aromatic rings. The topological polar surface area (TPSA) is 50.5 Å². The number of ether oxygens (including phenoxy) is 1. The molecule has 2 aromatic carbocycles. The molecule has 0 spiro atoms. The Hall–Kier alpha value is -2.48. The predicted molar refractivity (Wildman–Crippen MR) is 148 cm³/mol. The third-order valence-electron chi connectivity index (χ3n) is 7.23. The molecule has 4 rings (SSSR count). The molecule has 1 saturated heterocycles. The number of aliphatic hydroxyl groups excluding tert-OH is 1. The van der Waals surface area contributed by atoms with Crippen LogP contribution in [0.3, 0.4) is 0 Å². The van der Waals surface area contributed by atoms with Crippen LogP contribution in [0.2, 0.25) is 25.7 Å². The number of aliphatic hydroxyl groups is 1. The molecule has 0 atom stereocenters. The van der Waals surface area contributed by atoms with Crippen molar-refractivity contribution < 1.29 is 14.2 Å². The number of rotatable bonds is 9. The third kappa shape index (κ3) is 6.25. The van der Waals surface area contributed by atoms with Crippen LogP contribution < -0.4 is 4.90 Å². The van der Waals surface area contributed by atoms with Crippen LogP contribution in [0.15, 0.2) is 42.7 Å². The number of hydrogen-bond donors (Lipinski definition) is 1. The second-order valence-corrected chi connectivity index (χ2v) is 16.9. The van der Waals surface area contributed by atoms with Gasteiger partial charge in [-0.25, -0.2) is 9.37 Å². The normalized spacial score (nSPS) is 15.0. The Balaban J connectivity index is 1.49. The molecule has 2 heterocycles.